The molecule has 31 heavy (non-hydrogen) atoms. The number of benzene rings is 3. The lowest BCUT2D eigenvalue weighted by atomic mass is 10.2. The maximum Gasteiger partial charge on any atom is 0.124 e. The molecule has 1 N–H and O–H groups in total. The van der Waals surface area contributed by atoms with Crippen molar-refractivity contribution in [3.05, 3.63) is 87.1 Å². The molecule has 1 aliphatic rings. The van der Waals surface area contributed by atoms with Gasteiger partial charge in [0.05, 0.1) is 23.9 Å². The average Bonchev–Trinajstić information content (AvgIpc) is 2.79. The molecule has 4 rings (SSSR count). The topological polar surface area (TPSA) is 33.7 Å². The van der Waals surface area contributed by atoms with Gasteiger partial charge in [0.15, 0.2) is 0 Å². The largest absolute Gasteiger partial charge is 0.489 e. The highest BCUT2D eigenvalue weighted by molar-refractivity contribution is 9.10. The Morgan fingerprint density at radius 3 is 2.55 bits per heavy atom. The van der Waals surface area contributed by atoms with Crippen LogP contribution in [0, 0.1) is 5.82 Å². The summed E-state index contributed by atoms with van der Waals surface area (Å²) in [5.74, 6) is 0.520. The lowest BCUT2D eigenvalue weighted by molar-refractivity contribution is 0.122. The Morgan fingerprint density at radius 1 is 1.03 bits per heavy atom. The van der Waals surface area contributed by atoms with E-state index in [1.807, 2.05) is 36.4 Å². The van der Waals surface area contributed by atoms with Crippen LogP contribution in [0.4, 0.5) is 15.8 Å². The van der Waals surface area contributed by atoms with Crippen molar-refractivity contribution in [1.29, 1.82) is 0 Å². The Kier molecular flexibility index (Phi) is 7.33. The molecule has 3 aromatic rings. The number of ether oxygens (including phenoxy) is 2. The van der Waals surface area contributed by atoms with E-state index in [2.05, 4.69) is 26.1 Å². The molecule has 0 spiro atoms. The van der Waals surface area contributed by atoms with E-state index >= 15 is 0 Å². The molecule has 0 atom stereocenters. The van der Waals surface area contributed by atoms with Gasteiger partial charge < -0.3 is 19.7 Å². The van der Waals surface area contributed by atoms with Gasteiger partial charge >= 0.3 is 0 Å². The molecule has 1 aliphatic heterocycles. The summed E-state index contributed by atoms with van der Waals surface area (Å²) >= 11 is 10.1. The molecule has 0 saturated carbocycles. The summed E-state index contributed by atoms with van der Waals surface area (Å²) in [6.45, 7) is 4.08. The van der Waals surface area contributed by atoms with Crippen LogP contribution in [-0.4, -0.2) is 26.3 Å². The van der Waals surface area contributed by atoms with Crippen molar-refractivity contribution >= 4 is 38.9 Å². The smallest absolute Gasteiger partial charge is 0.124 e. The summed E-state index contributed by atoms with van der Waals surface area (Å²) in [5, 5.41) is 4.14. The zero-order valence-corrected chi connectivity index (χ0v) is 19.3. The Hall–Kier alpha value is -2.28. The highest BCUT2D eigenvalue weighted by atomic mass is 79.9. The molecule has 4 nitrogen and oxygen atoms in total. The van der Waals surface area contributed by atoms with Gasteiger partial charge in [-0.1, -0.05) is 39.7 Å². The molecule has 0 amide bonds. The standard InChI is InChI=1S/C24H23BrClFN2O2/c25-19-3-8-24(31-16-17-1-4-20(27)5-2-17)18(13-19)15-28-21-6-7-23(22(26)14-21)29-9-11-30-12-10-29/h1-8,13-14,28H,9-12,15-16H2. The molecule has 162 valence electrons. The molecule has 3 aromatic carbocycles. The minimum Gasteiger partial charge on any atom is -0.489 e. The maximum absolute atomic E-state index is 13.1. The summed E-state index contributed by atoms with van der Waals surface area (Å²) < 4.78 is 25.5. The fourth-order valence-electron chi connectivity index (χ4n) is 3.44. The second-order valence-corrected chi connectivity index (χ2v) is 8.61. The zero-order valence-electron chi connectivity index (χ0n) is 16.9. The van der Waals surface area contributed by atoms with Crippen molar-refractivity contribution in [2.24, 2.45) is 0 Å². The number of anilines is 2. The molecule has 7 heteroatoms. The summed E-state index contributed by atoms with van der Waals surface area (Å²) in [4.78, 5) is 2.24. The van der Waals surface area contributed by atoms with Crippen molar-refractivity contribution in [3.63, 3.8) is 0 Å². The fourth-order valence-corrected chi connectivity index (χ4v) is 4.15. The van der Waals surface area contributed by atoms with E-state index in [0.717, 1.165) is 59.0 Å². The second-order valence-electron chi connectivity index (χ2n) is 7.29. The first-order valence-corrected chi connectivity index (χ1v) is 11.3. The summed E-state index contributed by atoms with van der Waals surface area (Å²) in [6.07, 6.45) is 0. The molecule has 0 radical (unpaired) electrons. The Morgan fingerprint density at radius 2 is 1.81 bits per heavy atom. The second kappa shape index (κ2) is 10.4. The highest BCUT2D eigenvalue weighted by Crippen LogP contribution is 2.31. The zero-order chi connectivity index (χ0) is 21.6. The van der Waals surface area contributed by atoms with Gasteiger partial charge in [-0.2, -0.15) is 0 Å². The van der Waals surface area contributed by atoms with Crippen LogP contribution >= 0.6 is 27.5 Å². The van der Waals surface area contributed by atoms with Gasteiger partial charge in [0, 0.05) is 35.4 Å². The van der Waals surface area contributed by atoms with Gasteiger partial charge in [0.2, 0.25) is 0 Å². The molecule has 0 bridgehead atoms. The number of rotatable bonds is 7. The molecular weight excluding hydrogens is 483 g/mol. The third-order valence-electron chi connectivity index (χ3n) is 5.11. The minimum absolute atomic E-state index is 0.254. The van der Waals surface area contributed by atoms with Crippen LogP contribution in [-0.2, 0) is 17.9 Å². The van der Waals surface area contributed by atoms with E-state index in [1.165, 1.54) is 12.1 Å². The van der Waals surface area contributed by atoms with E-state index < -0.39 is 0 Å². The number of nitrogens with zero attached hydrogens (tertiary/aromatic N) is 1. The average molecular weight is 506 g/mol. The van der Waals surface area contributed by atoms with E-state index in [9.17, 15) is 4.39 Å². The Bertz CT molecular complexity index is 1030. The first kappa shape index (κ1) is 21.9. The monoisotopic (exact) mass is 504 g/mol. The van der Waals surface area contributed by atoms with E-state index in [-0.39, 0.29) is 5.82 Å². The third-order valence-corrected chi connectivity index (χ3v) is 5.91. The van der Waals surface area contributed by atoms with Gasteiger partial charge in [0.1, 0.15) is 18.2 Å². The van der Waals surface area contributed by atoms with Gasteiger partial charge in [-0.05, 0) is 54.1 Å². The summed E-state index contributed by atoms with van der Waals surface area (Å²) in [5.41, 5.74) is 3.88. The molecule has 0 aromatic heterocycles. The number of nitrogens with one attached hydrogen (secondary N) is 1. The van der Waals surface area contributed by atoms with Crippen molar-refractivity contribution in [3.8, 4) is 5.75 Å². The molecule has 1 fully saturated rings. The minimum atomic E-state index is -0.254. The third kappa shape index (κ3) is 5.91. The van der Waals surface area contributed by atoms with Crippen LogP contribution in [0.2, 0.25) is 5.02 Å². The lowest BCUT2D eigenvalue weighted by Gasteiger charge is -2.29. The van der Waals surface area contributed by atoms with Gasteiger partial charge in [-0.3, -0.25) is 0 Å². The highest BCUT2D eigenvalue weighted by Gasteiger charge is 2.14. The van der Waals surface area contributed by atoms with Crippen LogP contribution in [0.3, 0.4) is 0 Å². The Balaban J connectivity index is 1.42. The maximum atomic E-state index is 13.1. The van der Waals surface area contributed by atoms with Crippen molar-refractivity contribution in [2.75, 3.05) is 36.5 Å². The normalized spacial score (nSPS) is 13.8. The van der Waals surface area contributed by atoms with Crippen LogP contribution in [0.15, 0.2) is 65.1 Å². The number of hydrogen-bond acceptors (Lipinski definition) is 4. The van der Waals surface area contributed by atoms with Crippen LogP contribution < -0.4 is 15.0 Å². The van der Waals surface area contributed by atoms with Crippen LogP contribution in [0.5, 0.6) is 5.75 Å². The SMILES string of the molecule is Fc1ccc(COc2ccc(Br)cc2CNc2ccc(N3CCOCC3)c(Cl)c2)cc1. The van der Waals surface area contributed by atoms with E-state index in [1.54, 1.807) is 12.1 Å². The van der Waals surface area contributed by atoms with Crippen molar-refractivity contribution in [1.82, 2.24) is 0 Å². The molecule has 1 saturated heterocycles. The van der Waals surface area contributed by atoms with Crippen LogP contribution in [0.25, 0.3) is 0 Å². The van der Waals surface area contributed by atoms with Crippen molar-refractivity contribution in [2.45, 2.75) is 13.2 Å². The van der Waals surface area contributed by atoms with E-state index in [4.69, 9.17) is 21.1 Å². The Labute approximate surface area is 195 Å². The predicted octanol–water partition coefficient (Wildman–Crippen LogP) is 6.27. The summed E-state index contributed by atoms with van der Waals surface area (Å²) in [7, 11) is 0. The van der Waals surface area contributed by atoms with Gasteiger partial charge in [-0.15, -0.1) is 0 Å². The lowest BCUT2D eigenvalue weighted by Crippen LogP contribution is -2.36. The fraction of sp³-hybridized carbons (Fsp3) is 0.250. The van der Waals surface area contributed by atoms with E-state index in [0.29, 0.717) is 18.2 Å². The molecule has 1 heterocycles. The van der Waals surface area contributed by atoms with Crippen LogP contribution in [0.1, 0.15) is 11.1 Å². The molecule has 0 aliphatic carbocycles. The quantitative estimate of drug-likeness (QED) is 0.410. The predicted molar refractivity (Wildman–Crippen MR) is 127 cm³/mol. The summed E-state index contributed by atoms with van der Waals surface area (Å²) in [6, 6.07) is 18.3. The molecule has 0 unspecified atom stereocenters. The first-order valence-electron chi connectivity index (χ1n) is 10.1. The number of morpholine rings is 1. The van der Waals surface area contributed by atoms with Gasteiger partial charge in [0.25, 0.3) is 0 Å². The van der Waals surface area contributed by atoms with Crippen molar-refractivity contribution < 1.29 is 13.9 Å². The van der Waals surface area contributed by atoms with Gasteiger partial charge in [-0.25, -0.2) is 4.39 Å². The number of halogens is 3. The number of hydrogen-bond donors (Lipinski definition) is 1. The molecular formula is C24H23BrClFN2O2. The first-order chi connectivity index (χ1) is 15.1.